The Hall–Kier alpha value is -6.39. The number of hydrogen-bond acceptors (Lipinski definition) is 12. The molecule has 2 aromatic carbocycles. The molecule has 0 radical (unpaired) electrons. The van der Waals surface area contributed by atoms with Gasteiger partial charge in [0.1, 0.15) is 6.04 Å². The maximum Gasteiger partial charge on any atom is 0.336 e. The molecule has 17 nitrogen and oxygen atoms in total. The molecule has 0 aliphatic heterocycles. The van der Waals surface area contributed by atoms with E-state index in [0.29, 0.717) is 16.9 Å². The molecule has 234 valence electrons. The number of amides is 2. The smallest absolute Gasteiger partial charge is 0.336 e. The molecule has 2 amide bonds. The summed E-state index contributed by atoms with van der Waals surface area (Å²) in [5.74, 6) is -4.56. The number of aliphatic carboxylic acids is 2. The fourth-order valence-electron chi connectivity index (χ4n) is 3.79. The highest BCUT2D eigenvalue weighted by atomic mass is 16.4. The number of carbonyl (C=O) groups is 5. The lowest BCUT2D eigenvalue weighted by molar-refractivity contribution is -0.139. The van der Waals surface area contributed by atoms with E-state index in [1.807, 2.05) is 0 Å². The Kier molecular flexibility index (Phi) is 11.2. The van der Waals surface area contributed by atoms with Crippen molar-refractivity contribution >= 4 is 58.3 Å². The number of anilines is 3. The van der Waals surface area contributed by atoms with Crippen LogP contribution in [0, 0.1) is 0 Å². The topological polar surface area (TPSA) is 286 Å². The second kappa shape index (κ2) is 15.2. The summed E-state index contributed by atoms with van der Waals surface area (Å²) in [5.41, 5.74) is 13.2. The van der Waals surface area contributed by atoms with Crippen LogP contribution in [0.15, 0.2) is 54.7 Å². The van der Waals surface area contributed by atoms with Crippen LogP contribution in [-0.4, -0.2) is 77.6 Å². The number of carbonyl (C=O) groups excluding carboxylic acids is 2. The van der Waals surface area contributed by atoms with Gasteiger partial charge in [0.2, 0.25) is 5.95 Å². The molecule has 4 rings (SSSR count). The van der Waals surface area contributed by atoms with Crippen LogP contribution < -0.4 is 27.4 Å². The van der Waals surface area contributed by atoms with Gasteiger partial charge in [-0.15, -0.1) is 0 Å². The number of fused-ring (bicyclic) bond motifs is 1. The molecular weight excluding hydrogens is 590 g/mol. The molecule has 45 heavy (non-hydrogen) atoms. The standard InChI is InChI=1S/C26H25N9O6.C2H4O2/c27-20-19-21(35-26(28)34-20)31-12-15(32-19)11-30-14-7-5-13(6-8-14)22(36)33-18(25(40)41)9-10-29-23(37)16-3-1-2-4-17(16)24(38)39;1-2(3)4/h1-8,12,18,30H,9-11H2,(H,29,37)(H,33,36)(H,38,39)(H,40,41)(H4,27,28,31,34,35);1H3,(H,3,4). The van der Waals surface area contributed by atoms with Gasteiger partial charge in [-0.2, -0.15) is 9.97 Å². The van der Waals surface area contributed by atoms with E-state index in [1.54, 1.807) is 12.1 Å². The number of aromatic carboxylic acids is 1. The van der Waals surface area contributed by atoms with Gasteiger partial charge in [-0.1, -0.05) is 12.1 Å². The van der Waals surface area contributed by atoms with Gasteiger partial charge in [-0.3, -0.25) is 14.4 Å². The minimum absolute atomic E-state index is 0.000107. The highest BCUT2D eigenvalue weighted by Crippen LogP contribution is 2.16. The number of nitrogens with two attached hydrogens (primary N) is 2. The normalized spacial score (nSPS) is 11.0. The predicted molar refractivity (Wildman–Crippen MR) is 160 cm³/mol. The largest absolute Gasteiger partial charge is 0.481 e. The van der Waals surface area contributed by atoms with Crippen molar-refractivity contribution in [3.63, 3.8) is 0 Å². The van der Waals surface area contributed by atoms with E-state index in [-0.39, 0.29) is 53.6 Å². The highest BCUT2D eigenvalue weighted by Gasteiger charge is 2.22. The first kappa shape index (κ1) is 33.1. The van der Waals surface area contributed by atoms with Crippen LogP contribution in [0.5, 0.6) is 0 Å². The minimum atomic E-state index is -1.30. The fraction of sp³-hybridized carbons (Fsp3) is 0.179. The van der Waals surface area contributed by atoms with Crippen LogP contribution in [0.1, 0.15) is 50.1 Å². The van der Waals surface area contributed by atoms with Gasteiger partial charge in [0.15, 0.2) is 17.0 Å². The van der Waals surface area contributed by atoms with Crippen LogP contribution in [0.3, 0.4) is 0 Å². The third-order valence-corrected chi connectivity index (χ3v) is 5.85. The summed E-state index contributed by atoms with van der Waals surface area (Å²) < 4.78 is 0. The van der Waals surface area contributed by atoms with Crippen molar-refractivity contribution in [1.29, 1.82) is 0 Å². The first-order valence-corrected chi connectivity index (χ1v) is 13.1. The summed E-state index contributed by atoms with van der Waals surface area (Å²) in [6.45, 7) is 1.25. The summed E-state index contributed by atoms with van der Waals surface area (Å²) in [5, 5.41) is 34.2. The lowest BCUT2D eigenvalue weighted by Gasteiger charge is -2.15. The zero-order valence-electron chi connectivity index (χ0n) is 23.7. The first-order chi connectivity index (χ1) is 21.3. The number of carboxylic acids is 3. The van der Waals surface area contributed by atoms with Crippen LogP contribution in [0.2, 0.25) is 0 Å². The fourth-order valence-corrected chi connectivity index (χ4v) is 3.79. The van der Waals surface area contributed by atoms with Crippen molar-refractivity contribution in [1.82, 2.24) is 30.6 Å². The molecule has 0 aliphatic rings. The van der Waals surface area contributed by atoms with Gasteiger partial charge in [-0.25, -0.2) is 19.6 Å². The molecule has 1 unspecified atom stereocenters. The van der Waals surface area contributed by atoms with Gasteiger partial charge < -0.3 is 42.7 Å². The average molecular weight is 620 g/mol. The zero-order valence-corrected chi connectivity index (χ0v) is 23.7. The lowest BCUT2D eigenvalue weighted by atomic mass is 10.1. The number of carboxylic acid groups (broad SMARTS) is 3. The van der Waals surface area contributed by atoms with Gasteiger partial charge >= 0.3 is 11.9 Å². The van der Waals surface area contributed by atoms with Crippen molar-refractivity contribution in [2.24, 2.45) is 0 Å². The molecule has 10 N–H and O–H groups in total. The molecular formula is C28H29N9O8. The van der Waals surface area contributed by atoms with Crippen LogP contribution in [0.25, 0.3) is 11.2 Å². The molecule has 0 spiro atoms. The van der Waals surface area contributed by atoms with Crippen molar-refractivity contribution in [3.8, 4) is 0 Å². The highest BCUT2D eigenvalue weighted by molar-refractivity contribution is 6.04. The Bertz CT molecular complexity index is 1730. The Labute approximate surface area is 254 Å². The van der Waals surface area contributed by atoms with Crippen LogP contribution >= 0.6 is 0 Å². The molecule has 4 aromatic rings. The van der Waals surface area contributed by atoms with E-state index in [4.69, 9.17) is 21.4 Å². The maximum absolute atomic E-state index is 12.7. The Morgan fingerprint density at radius 2 is 1.51 bits per heavy atom. The quantitative estimate of drug-likeness (QED) is 0.116. The molecule has 1 atom stereocenters. The molecule has 0 aliphatic carbocycles. The zero-order chi connectivity index (χ0) is 33.1. The molecule has 0 saturated heterocycles. The lowest BCUT2D eigenvalue weighted by Crippen LogP contribution is -2.43. The monoisotopic (exact) mass is 619 g/mol. The van der Waals surface area contributed by atoms with Crippen LogP contribution in [0.4, 0.5) is 17.5 Å². The number of benzene rings is 2. The summed E-state index contributed by atoms with van der Waals surface area (Å²) in [6.07, 6.45) is 1.39. The van der Waals surface area contributed by atoms with Crippen molar-refractivity contribution in [3.05, 3.63) is 77.1 Å². The molecule has 0 bridgehead atoms. The third-order valence-electron chi connectivity index (χ3n) is 5.85. The Morgan fingerprint density at radius 1 is 0.867 bits per heavy atom. The molecule has 0 saturated carbocycles. The molecule has 17 heteroatoms. The Balaban J connectivity index is 0.00000130. The SMILES string of the molecule is CC(=O)O.Nc1nc(N)c2nc(CNc3ccc(C(=O)NC(CCNC(=O)c4ccccc4C(=O)O)C(=O)O)cc3)cnc2n1. The summed E-state index contributed by atoms with van der Waals surface area (Å²) in [4.78, 5) is 73.5. The number of rotatable bonds is 11. The summed E-state index contributed by atoms with van der Waals surface area (Å²) >= 11 is 0. The van der Waals surface area contributed by atoms with E-state index >= 15 is 0 Å². The number of aromatic nitrogens is 4. The molecule has 2 aromatic heterocycles. The summed E-state index contributed by atoms with van der Waals surface area (Å²) in [7, 11) is 0. The third kappa shape index (κ3) is 9.57. The number of nitrogen functional groups attached to an aromatic ring is 2. The molecule has 2 heterocycles. The first-order valence-electron chi connectivity index (χ1n) is 13.1. The van der Waals surface area contributed by atoms with E-state index in [0.717, 1.165) is 6.92 Å². The van der Waals surface area contributed by atoms with Gasteiger partial charge in [-0.05, 0) is 42.8 Å². The van der Waals surface area contributed by atoms with Crippen molar-refractivity contribution in [2.75, 3.05) is 23.3 Å². The van der Waals surface area contributed by atoms with E-state index < -0.39 is 35.8 Å². The summed E-state index contributed by atoms with van der Waals surface area (Å²) in [6, 6.07) is 10.7. The second-order valence-corrected chi connectivity index (χ2v) is 9.21. The Morgan fingerprint density at radius 3 is 2.13 bits per heavy atom. The van der Waals surface area contributed by atoms with E-state index in [1.165, 1.54) is 42.6 Å². The minimum Gasteiger partial charge on any atom is -0.481 e. The van der Waals surface area contributed by atoms with Crippen LogP contribution in [-0.2, 0) is 16.1 Å². The predicted octanol–water partition coefficient (Wildman–Crippen LogP) is 0.989. The molecule has 0 fully saturated rings. The number of nitrogens with zero attached hydrogens (tertiary/aromatic N) is 4. The number of hydrogen-bond donors (Lipinski definition) is 8. The average Bonchev–Trinajstić information content (AvgIpc) is 2.99. The van der Waals surface area contributed by atoms with Gasteiger partial charge in [0, 0.05) is 24.7 Å². The van der Waals surface area contributed by atoms with Crippen molar-refractivity contribution < 1.29 is 39.3 Å². The van der Waals surface area contributed by atoms with Crippen molar-refractivity contribution in [2.45, 2.75) is 25.9 Å². The van der Waals surface area contributed by atoms with Gasteiger partial charge in [0.05, 0.1) is 29.6 Å². The second-order valence-electron chi connectivity index (χ2n) is 9.21. The van der Waals surface area contributed by atoms with E-state index in [9.17, 15) is 29.4 Å². The maximum atomic E-state index is 12.7. The van der Waals surface area contributed by atoms with E-state index in [2.05, 4.69) is 35.9 Å². The number of nitrogens with one attached hydrogen (secondary N) is 3. The van der Waals surface area contributed by atoms with Gasteiger partial charge in [0.25, 0.3) is 17.8 Å².